The minimum Gasteiger partial charge on any atom is -0.252 e. The molecule has 5 nitrogen and oxygen atoms in total. The average molecular weight is 355 g/mol. The summed E-state index contributed by atoms with van der Waals surface area (Å²) in [5.74, 6) is 0. The van der Waals surface area contributed by atoms with Crippen molar-refractivity contribution in [1.82, 2.24) is 9.97 Å². The Morgan fingerprint density at radius 1 is 0.643 bits per heavy atom. The van der Waals surface area contributed by atoms with Crippen LogP contribution in [0.4, 0.5) is 0 Å². The van der Waals surface area contributed by atoms with Gasteiger partial charge in [-0.2, -0.15) is 15.8 Å². The molecule has 0 N–H and O–H groups in total. The van der Waals surface area contributed by atoms with Crippen molar-refractivity contribution < 1.29 is 0 Å². The maximum atomic E-state index is 9.92. The van der Waals surface area contributed by atoms with Gasteiger partial charge in [-0.05, 0) is 16.8 Å². The maximum Gasteiger partial charge on any atom is 0.102 e. The van der Waals surface area contributed by atoms with E-state index in [1.165, 1.54) is 0 Å². The fraction of sp³-hybridized carbons (Fsp3) is 0. The molecule has 0 aliphatic heterocycles. The molecular weight excluding hydrogens is 346 g/mol. The zero-order valence-electron chi connectivity index (χ0n) is 14.4. The highest BCUT2D eigenvalue weighted by Gasteiger charge is 2.20. The number of hydrogen-bond donors (Lipinski definition) is 0. The van der Waals surface area contributed by atoms with E-state index in [0.29, 0.717) is 21.8 Å². The van der Waals surface area contributed by atoms with Gasteiger partial charge in [-0.3, -0.25) is 9.97 Å². The van der Waals surface area contributed by atoms with Crippen LogP contribution in [0.2, 0.25) is 0 Å². The first-order valence-electron chi connectivity index (χ1n) is 8.53. The smallest absolute Gasteiger partial charge is 0.102 e. The van der Waals surface area contributed by atoms with Crippen LogP contribution in [-0.4, -0.2) is 9.97 Å². The standard InChI is InChI=1S/C23H9N5/c24-10-14-9-17-21(19(12-26)18(14)11-25)20-15-4-2-1-3-13(15)5-6-16(20)22-23(17)28-8-7-27-22/h1-9H. The summed E-state index contributed by atoms with van der Waals surface area (Å²) >= 11 is 0. The van der Waals surface area contributed by atoms with Crippen molar-refractivity contribution in [1.29, 1.82) is 15.8 Å². The van der Waals surface area contributed by atoms with E-state index in [0.717, 1.165) is 21.5 Å². The van der Waals surface area contributed by atoms with E-state index in [1.54, 1.807) is 18.5 Å². The van der Waals surface area contributed by atoms with Gasteiger partial charge in [0, 0.05) is 33.9 Å². The highest BCUT2D eigenvalue weighted by Crippen LogP contribution is 2.40. The summed E-state index contributed by atoms with van der Waals surface area (Å²) < 4.78 is 0. The van der Waals surface area contributed by atoms with Crippen molar-refractivity contribution in [2.45, 2.75) is 0 Å². The Labute approximate surface area is 159 Å². The number of benzene rings is 4. The maximum absolute atomic E-state index is 9.92. The molecule has 0 aliphatic rings. The molecule has 5 rings (SSSR count). The second-order valence-electron chi connectivity index (χ2n) is 6.39. The van der Waals surface area contributed by atoms with Gasteiger partial charge in [0.2, 0.25) is 0 Å². The zero-order chi connectivity index (χ0) is 19.3. The Morgan fingerprint density at radius 2 is 1.36 bits per heavy atom. The molecule has 0 radical (unpaired) electrons. The molecular formula is C23H9N5. The first kappa shape index (κ1) is 15.7. The summed E-state index contributed by atoms with van der Waals surface area (Å²) in [7, 11) is 0. The molecule has 0 unspecified atom stereocenters. The number of rotatable bonds is 0. The predicted octanol–water partition coefficient (Wildman–Crippen LogP) is 4.70. The molecule has 4 aromatic carbocycles. The Bertz CT molecular complexity index is 1590. The van der Waals surface area contributed by atoms with Crippen molar-refractivity contribution >= 4 is 43.4 Å². The average Bonchev–Trinajstić information content (AvgIpc) is 2.77. The Kier molecular flexibility index (Phi) is 3.22. The Balaban J connectivity index is 2.27. The molecule has 0 bridgehead atoms. The van der Waals surface area contributed by atoms with E-state index in [1.807, 2.05) is 48.5 Å². The molecule has 126 valence electrons. The van der Waals surface area contributed by atoms with Crippen LogP contribution in [0, 0.1) is 34.0 Å². The van der Waals surface area contributed by atoms with Crippen LogP contribution in [-0.2, 0) is 0 Å². The van der Waals surface area contributed by atoms with Gasteiger partial charge in [-0.15, -0.1) is 0 Å². The molecule has 28 heavy (non-hydrogen) atoms. The van der Waals surface area contributed by atoms with E-state index >= 15 is 0 Å². The molecule has 0 aliphatic carbocycles. The van der Waals surface area contributed by atoms with Crippen LogP contribution in [0.25, 0.3) is 43.4 Å². The van der Waals surface area contributed by atoms with Crippen LogP contribution >= 0.6 is 0 Å². The van der Waals surface area contributed by atoms with Crippen molar-refractivity contribution in [3.63, 3.8) is 0 Å². The van der Waals surface area contributed by atoms with Gasteiger partial charge in [-0.1, -0.05) is 36.4 Å². The number of aromatic nitrogens is 2. The molecule has 0 saturated heterocycles. The molecule has 5 aromatic rings. The van der Waals surface area contributed by atoms with Crippen LogP contribution in [0.5, 0.6) is 0 Å². The molecule has 1 aromatic heterocycles. The number of fused-ring (bicyclic) bond motifs is 8. The van der Waals surface area contributed by atoms with Crippen molar-refractivity contribution in [2.24, 2.45) is 0 Å². The summed E-state index contributed by atoms with van der Waals surface area (Å²) in [6.45, 7) is 0. The van der Waals surface area contributed by atoms with E-state index in [9.17, 15) is 15.8 Å². The van der Waals surface area contributed by atoms with E-state index in [-0.39, 0.29) is 16.7 Å². The van der Waals surface area contributed by atoms with E-state index in [2.05, 4.69) is 16.0 Å². The monoisotopic (exact) mass is 355 g/mol. The van der Waals surface area contributed by atoms with Crippen LogP contribution in [0.3, 0.4) is 0 Å². The summed E-state index contributed by atoms with van der Waals surface area (Å²) in [5.41, 5.74) is 1.77. The quantitative estimate of drug-likeness (QED) is 0.375. The summed E-state index contributed by atoms with van der Waals surface area (Å²) in [4.78, 5) is 9.01. The topological polar surface area (TPSA) is 97.2 Å². The third kappa shape index (κ3) is 1.92. The molecule has 0 atom stereocenters. The second kappa shape index (κ2) is 5.74. The van der Waals surface area contributed by atoms with Gasteiger partial charge in [0.1, 0.15) is 18.2 Å². The van der Waals surface area contributed by atoms with Crippen LogP contribution in [0.1, 0.15) is 16.7 Å². The van der Waals surface area contributed by atoms with Gasteiger partial charge in [0.25, 0.3) is 0 Å². The van der Waals surface area contributed by atoms with Crippen LogP contribution in [0.15, 0.2) is 54.9 Å². The van der Waals surface area contributed by atoms with E-state index < -0.39 is 0 Å². The lowest BCUT2D eigenvalue weighted by atomic mass is 9.88. The van der Waals surface area contributed by atoms with E-state index in [4.69, 9.17) is 0 Å². The van der Waals surface area contributed by atoms with Crippen molar-refractivity contribution in [2.75, 3.05) is 0 Å². The molecule has 1 heterocycles. The zero-order valence-corrected chi connectivity index (χ0v) is 14.4. The summed E-state index contributed by atoms with van der Waals surface area (Å²) in [6.07, 6.45) is 3.22. The molecule has 0 amide bonds. The third-order valence-corrected chi connectivity index (χ3v) is 5.06. The first-order valence-corrected chi connectivity index (χ1v) is 8.53. The van der Waals surface area contributed by atoms with Gasteiger partial charge < -0.3 is 0 Å². The predicted molar refractivity (Wildman–Crippen MR) is 106 cm³/mol. The third-order valence-electron chi connectivity index (χ3n) is 5.06. The summed E-state index contributed by atoms with van der Waals surface area (Å²) in [5, 5.41) is 34.1. The van der Waals surface area contributed by atoms with Gasteiger partial charge >= 0.3 is 0 Å². The number of nitrogens with zero attached hydrogens (tertiary/aromatic N) is 5. The first-order chi connectivity index (χ1) is 13.8. The van der Waals surface area contributed by atoms with Crippen molar-refractivity contribution in [3.05, 3.63) is 71.5 Å². The largest absolute Gasteiger partial charge is 0.252 e. The van der Waals surface area contributed by atoms with Gasteiger partial charge in [-0.25, -0.2) is 0 Å². The second-order valence-corrected chi connectivity index (χ2v) is 6.39. The normalized spacial score (nSPS) is 10.8. The molecule has 0 spiro atoms. The lowest BCUT2D eigenvalue weighted by Crippen LogP contribution is -1.96. The van der Waals surface area contributed by atoms with Gasteiger partial charge in [0.15, 0.2) is 0 Å². The Hall–Kier alpha value is -4.53. The van der Waals surface area contributed by atoms with Crippen molar-refractivity contribution in [3.8, 4) is 18.2 Å². The highest BCUT2D eigenvalue weighted by molar-refractivity contribution is 6.31. The number of nitriles is 3. The lowest BCUT2D eigenvalue weighted by molar-refractivity contribution is 1.31. The minimum atomic E-state index is 0.0926. The Morgan fingerprint density at radius 3 is 2.07 bits per heavy atom. The molecule has 0 saturated carbocycles. The lowest BCUT2D eigenvalue weighted by Gasteiger charge is -2.13. The van der Waals surface area contributed by atoms with Gasteiger partial charge in [0.05, 0.1) is 27.7 Å². The SMILES string of the molecule is N#Cc1cc2c3nccnc3c3ccc4ccccc4c3c2c(C#N)c1C#N. The molecule has 0 fully saturated rings. The fourth-order valence-electron chi connectivity index (χ4n) is 3.92. The minimum absolute atomic E-state index is 0.0926. The molecule has 5 heteroatoms. The fourth-order valence-corrected chi connectivity index (χ4v) is 3.92. The highest BCUT2D eigenvalue weighted by atomic mass is 14.8. The van der Waals surface area contributed by atoms with Crippen LogP contribution < -0.4 is 0 Å². The summed E-state index contributed by atoms with van der Waals surface area (Å²) in [6, 6.07) is 19.8. The number of hydrogen-bond acceptors (Lipinski definition) is 5.